The minimum Gasteiger partial charge on any atom is -0.422 e. The van der Waals surface area contributed by atoms with E-state index < -0.39 is 0 Å². The Balaban J connectivity index is 1.71. The van der Waals surface area contributed by atoms with Gasteiger partial charge in [-0.25, -0.2) is 9.97 Å². The summed E-state index contributed by atoms with van der Waals surface area (Å²) in [5, 5.41) is 0. The third kappa shape index (κ3) is 2.14. The molecule has 5 heteroatoms. The van der Waals surface area contributed by atoms with Gasteiger partial charge in [-0.3, -0.25) is 0 Å². The minimum atomic E-state index is 0.569. The highest BCUT2D eigenvalue weighted by Crippen LogP contribution is 2.25. The first-order chi connectivity index (χ1) is 10.3. The number of anilines is 1. The van der Waals surface area contributed by atoms with Crippen LogP contribution in [0.3, 0.4) is 0 Å². The number of aromatic nitrogens is 3. The van der Waals surface area contributed by atoms with E-state index in [1.165, 1.54) is 11.1 Å². The van der Waals surface area contributed by atoms with Crippen LogP contribution in [-0.4, -0.2) is 28.0 Å². The van der Waals surface area contributed by atoms with Gasteiger partial charge < -0.3 is 9.32 Å². The Kier molecular flexibility index (Phi) is 2.84. The summed E-state index contributed by atoms with van der Waals surface area (Å²) in [4.78, 5) is 15.3. The molecular formula is C16H16N4O. The zero-order valence-electron chi connectivity index (χ0n) is 11.9. The second-order valence-electron chi connectivity index (χ2n) is 5.34. The first-order valence-corrected chi connectivity index (χ1v) is 7.21. The Morgan fingerprint density at radius 2 is 1.76 bits per heavy atom. The van der Waals surface area contributed by atoms with Gasteiger partial charge in [0, 0.05) is 20.0 Å². The third-order valence-electron chi connectivity index (χ3n) is 4.00. The van der Waals surface area contributed by atoms with Gasteiger partial charge >= 0.3 is 0 Å². The maximum atomic E-state index is 5.50. The van der Waals surface area contributed by atoms with Crippen LogP contribution >= 0.6 is 0 Å². The zero-order valence-corrected chi connectivity index (χ0v) is 11.9. The molecule has 1 aromatic carbocycles. The van der Waals surface area contributed by atoms with Crippen LogP contribution in [0.25, 0.3) is 11.2 Å². The van der Waals surface area contributed by atoms with Crippen molar-refractivity contribution >= 4 is 17.0 Å². The van der Waals surface area contributed by atoms with E-state index in [9.17, 15) is 0 Å². The molecule has 3 heterocycles. The summed E-state index contributed by atoms with van der Waals surface area (Å²) < 4.78 is 5.50. The zero-order chi connectivity index (χ0) is 14.2. The number of hydrogen-bond donors (Lipinski definition) is 0. The van der Waals surface area contributed by atoms with E-state index in [0.717, 1.165) is 37.3 Å². The van der Waals surface area contributed by atoms with E-state index in [2.05, 4.69) is 44.1 Å². The minimum absolute atomic E-state index is 0.569. The molecule has 0 unspecified atom stereocenters. The predicted molar refractivity (Wildman–Crippen MR) is 80.4 cm³/mol. The number of aryl methyl sites for hydroxylation is 1. The molecule has 0 N–H and O–H groups in total. The van der Waals surface area contributed by atoms with Crippen LogP contribution in [0.1, 0.15) is 17.0 Å². The van der Waals surface area contributed by atoms with E-state index >= 15 is 0 Å². The number of oxazole rings is 1. The van der Waals surface area contributed by atoms with Crippen molar-refractivity contribution in [2.75, 3.05) is 18.0 Å². The van der Waals surface area contributed by atoms with Crippen LogP contribution in [0.2, 0.25) is 0 Å². The highest BCUT2D eigenvalue weighted by atomic mass is 16.4. The maximum absolute atomic E-state index is 5.50. The molecule has 3 aromatic rings. The van der Waals surface area contributed by atoms with Gasteiger partial charge in [-0.15, -0.1) is 0 Å². The molecule has 1 aliphatic heterocycles. The first-order valence-electron chi connectivity index (χ1n) is 7.21. The third-order valence-corrected chi connectivity index (χ3v) is 4.00. The van der Waals surface area contributed by atoms with Gasteiger partial charge in [-0.2, -0.15) is 4.98 Å². The number of nitrogens with zero attached hydrogens (tertiary/aromatic N) is 4. The second kappa shape index (κ2) is 4.84. The molecule has 0 spiro atoms. The number of benzene rings is 1. The van der Waals surface area contributed by atoms with Crippen molar-refractivity contribution in [2.45, 2.75) is 19.8 Å². The van der Waals surface area contributed by atoms with Crippen LogP contribution in [0.4, 0.5) is 5.82 Å². The fraction of sp³-hybridized carbons (Fsp3) is 0.312. The molecule has 0 fully saturated rings. The Hall–Kier alpha value is -2.43. The van der Waals surface area contributed by atoms with Gasteiger partial charge in [0.15, 0.2) is 17.2 Å². The topological polar surface area (TPSA) is 55.1 Å². The normalized spacial score (nSPS) is 15.0. The molecule has 0 saturated carbocycles. The largest absolute Gasteiger partial charge is 0.422 e. The number of rotatable bonds is 1. The fourth-order valence-corrected chi connectivity index (χ4v) is 2.96. The van der Waals surface area contributed by atoms with Crippen LogP contribution in [0.15, 0.2) is 35.0 Å². The number of fused-ring (bicyclic) bond motifs is 2. The van der Waals surface area contributed by atoms with E-state index in [-0.39, 0.29) is 0 Å². The van der Waals surface area contributed by atoms with Gasteiger partial charge in [0.1, 0.15) is 6.33 Å². The van der Waals surface area contributed by atoms with Crippen LogP contribution in [0.5, 0.6) is 0 Å². The quantitative estimate of drug-likeness (QED) is 0.685. The Bertz CT molecular complexity index is 769. The lowest BCUT2D eigenvalue weighted by molar-refractivity contribution is 0.551. The monoisotopic (exact) mass is 280 g/mol. The van der Waals surface area contributed by atoms with Crippen molar-refractivity contribution in [3.8, 4) is 0 Å². The molecule has 0 amide bonds. The lowest BCUT2D eigenvalue weighted by atomic mass is 10.0. The molecule has 1 aliphatic rings. The number of hydrogen-bond acceptors (Lipinski definition) is 5. The molecule has 4 rings (SSSR count). The van der Waals surface area contributed by atoms with Crippen molar-refractivity contribution in [2.24, 2.45) is 0 Å². The highest BCUT2D eigenvalue weighted by molar-refractivity contribution is 5.81. The van der Waals surface area contributed by atoms with Gasteiger partial charge in [-0.05, 0) is 24.0 Å². The van der Waals surface area contributed by atoms with E-state index in [4.69, 9.17) is 4.42 Å². The van der Waals surface area contributed by atoms with Crippen molar-refractivity contribution in [1.82, 2.24) is 15.0 Å². The van der Waals surface area contributed by atoms with Gasteiger partial charge in [0.25, 0.3) is 5.71 Å². The van der Waals surface area contributed by atoms with Gasteiger partial charge in [0.2, 0.25) is 0 Å². The lowest BCUT2D eigenvalue weighted by Crippen LogP contribution is -2.27. The predicted octanol–water partition coefficient (Wildman–Crippen LogP) is 2.53. The van der Waals surface area contributed by atoms with Crippen LogP contribution in [0, 0.1) is 6.92 Å². The summed E-state index contributed by atoms with van der Waals surface area (Å²) in [6, 6.07) is 8.65. The van der Waals surface area contributed by atoms with Crippen molar-refractivity contribution < 1.29 is 4.42 Å². The summed E-state index contributed by atoms with van der Waals surface area (Å²) >= 11 is 0. The van der Waals surface area contributed by atoms with E-state index in [1.54, 1.807) is 6.33 Å². The van der Waals surface area contributed by atoms with Gasteiger partial charge in [-0.1, -0.05) is 24.3 Å². The Morgan fingerprint density at radius 1 is 1.05 bits per heavy atom. The molecule has 0 radical (unpaired) electrons. The molecule has 0 atom stereocenters. The molecule has 0 bridgehead atoms. The fourth-order valence-electron chi connectivity index (χ4n) is 2.96. The second-order valence-corrected chi connectivity index (χ2v) is 5.34. The molecule has 5 nitrogen and oxygen atoms in total. The standard InChI is InChI=1S/C16H16N4O/c1-11-19-14-15(17-10-18-16(14)21-11)20-8-6-12-4-2-3-5-13(12)7-9-20/h2-5,10H,6-9H2,1H3. The summed E-state index contributed by atoms with van der Waals surface area (Å²) in [6.45, 7) is 3.72. The summed E-state index contributed by atoms with van der Waals surface area (Å²) in [6.07, 6.45) is 3.61. The average Bonchev–Trinajstić information content (AvgIpc) is 2.76. The average molecular weight is 280 g/mol. The summed E-state index contributed by atoms with van der Waals surface area (Å²) in [5.41, 5.74) is 4.20. The molecular weight excluding hydrogens is 264 g/mol. The Morgan fingerprint density at radius 3 is 2.48 bits per heavy atom. The summed E-state index contributed by atoms with van der Waals surface area (Å²) in [5.74, 6) is 1.51. The first kappa shape index (κ1) is 12.3. The van der Waals surface area contributed by atoms with E-state index in [0.29, 0.717) is 11.6 Å². The molecule has 21 heavy (non-hydrogen) atoms. The van der Waals surface area contributed by atoms with Crippen LogP contribution < -0.4 is 4.90 Å². The van der Waals surface area contributed by atoms with Crippen molar-refractivity contribution in [3.63, 3.8) is 0 Å². The molecule has 2 aromatic heterocycles. The SMILES string of the molecule is Cc1nc2c(N3CCc4ccccc4CC3)ncnc2o1. The highest BCUT2D eigenvalue weighted by Gasteiger charge is 2.19. The van der Waals surface area contributed by atoms with Crippen molar-refractivity contribution in [3.05, 3.63) is 47.6 Å². The van der Waals surface area contributed by atoms with Crippen LogP contribution in [-0.2, 0) is 12.8 Å². The molecule has 106 valence electrons. The molecule has 0 aliphatic carbocycles. The Labute approximate surface area is 122 Å². The smallest absolute Gasteiger partial charge is 0.252 e. The van der Waals surface area contributed by atoms with Crippen molar-refractivity contribution in [1.29, 1.82) is 0 Å². The van der Waals surface area contributed by atoms with E-state index in [1.807, 2.05) is 6.92 Å². The molecule has 0 saturated heterocycles. The maximum Gasteiger partial charge on any atom is 0.252 e. The lowest BCUT2D eigenvalue weighted by Gasteiger charge is -2.20. The van der Waals surface area contributed by atoms with Gasteiger partial charge in [0.05, 0.1) is 0 Å². The summed E-state index contributed by atoms with van der Waals surface area (Å²) in [7, 11) is 0.